The summed E-state index contributed by atoms with van der Waals surface area (Å²) in [7, 11) is 1.57. The molecule has 1 rings (SSSR count). The van der Waals surface area contributed by atoms with Gasteiger partial charge in [-0.25, -0.2) is 4.79 Å². The molecule has 1 aliphatic heterocycles. The Bertz CT molecular complexity index is 373. The number of hydrogen-bond donors (Lipinski definition) is 2. The lowest BCUT2D eigenvalue weighted by atomic mass is 10.2. The molecule has 1 heterocycles. The van der Waals surface area contributed by atoms with E-state index in [1.807, 2.05) is 4.90 Å². The van der Waals surface area contributed by atoms with Gasteiger partial charge in [-0.1, -0.05) is 6.42 Å². The van der Waals surface area contributed by atoms with Crippen molar-refractivity contribution in [2.24, 2.45) is 0 Å². The minimum atomic E-state index is -0.922. The van der Waals surface area contributed by atoms with Gasteiger partial charge >= 0.3 is 12.0 Å². The summed E-state index contributed by atoms with van der Waals surface area (Å²) in [5.41, 5.74) is 0. The van der Waals surface area contributed by atoms with Crippen LogP contribution in [0.4, 0.5) is 4.79 Å². The molecule has 7 nitrogen and oxygen atoms in total. The number of carbonyl (C=O) groups is 3. The largest absolute Gasteiger partial charge is 0.481 e. The fraction of sp³-hybridized carbons (Fsp3) is 0.786. The van der Waals surface area contributed by atoms with Gasteiger partial charge in [0.1, 0.15) is 0 Å². The second-order valence-electron chi connectivity index (χ2n) is 5.34. The molecular formula is C14H25N3O4. The molecule has 1 aliphatic rings. The van der Waals surface area contributed by atoms with Crippen LogP contribution in [0, 0.1) is 0 Å². The fourth-order valence-corrected chi connectivity index (χ4v) is 2.24. The van der Waals surface area contributed by atoms with Crippen LogP contribution in [0.25, 0.3) is 0 Å². The topological polar surface area (TPSA) is 89.9 Å². The Morgan fingerprint density at radius 1 is 1.33 bits per heavy atom. The molecule has 3 amide bonds. The van der Waals surface area contributed by atoms with Crippen LogP contribution in [0.1, 0.15) is 38.5 Å². The maximum atomic E-state index is 11.8. The van der Waals surface area contributed by atoms with E-state index in [0.717, 1.165) is 25.8 Å². The van der Waals surface area contributed by atoms with Gasteiger partial charge in [0.25, 0.3) is 0 Å². The first kappa shape index (κ1) is 17.3. The molecule has 2 N–H and O–H groups in total. The van der Waals surface area contributed by atoms with Crippen LogP contribution in [0.15, 0.2) is 0 Å². The first-order valence-corrected chi connectivity index (χ1v) is 7.49. The summed E-state index contributed by atoms with van der Waals surface area (Å²) in [6.07, 6.45) is 4.41. The van der Waals surface area contributed by atoms with E-state index in [9.17, 15) is 14.4 Å². The highest BCUT2D eigenvalue weighted by Crippen LogP contribution is 2.11. The van der Waals surface area contributed by atoms with Gasteiger partial charge in [0.2, 0.25) is 5.91 Å². The van der Waals surface area contributed by atoms with Crippen molar-refractivity contribution in [3.8, 4) is 0 Å². The summed E-state index contributed by atoms with van der Waals surface area (Å²) in [5, 5.41) is 11.3. The Kier molecular flexibility index (Phi) is 7.56. The molecule has 0 aromatic heterocycles. The smallest absolute Gasteiger partial charge is 0.317 e. The van der Waals surface area contributed by atoms with Crippen molar-refractivity contribution < 1.29 is 19.5 Å². The number of nitrogens with zero attached hydrogens (tertiary/aromatic N) is 2. The lowest BCUT2D eigenvalue weighted by Gasteiger charge is -2.21. The van der Waals surface area contributed by atoms with Crippen molar-refractivity contribution in [3.63, 3.8) is 0 Å². The standard InChI is InChI=1S/C14H25N3O4/c1-16(11-7-13(19)20)14(21)15-8-5-10-17-9-4-2-3-6-12(17)18/h2-11H2,1H3,(H,15,21)(H,19,20). The van der Waals surface area contributed by atoms with Crippen molar-refractivity contribution in [3.05, 3.63) is 0 Å². The monoisotopic (exact) mass is 299 g/mol. The first-order valence-electron chi connectivity index (χ1n) is 7.49. The SMILES string of the molecule is CN(CCC(=O)O)C(=O)NCCCN1CCCCCC1=O. The van der Waals surface area contributed by atoms with Gasteiger partial charge in [-0.15, -0.1) is 0 Å². The van der Waals surface area contributed by atoms with Crippen LogP contribution in [0.2, 0.25) is 0 Å². The Morgan fingerprint density at radius 2 is 2.10 bits per heavy atom. The van der Waals surface area contributed by atoms with E-state index in [2.05, 4.69) is 5.32 Å². The van der Waals surface area contributed by atoms with Crippen LogP contribution < -0.4 is 5.32 Å². The predicted molar refractivity (Wildman–Crippen MR) is 77.9 cm³/mol. The quantitative estimate of drug-likeness (QED) is 0.683. The number of amides is 3. The van der Waals surface area contributed by atoms with Crippen LogP contribution in [-0.2, 0) is 9.59 Å². The third-order valence-corrected chi connectivity index (χ3v) is 3.56. The molecule has 1 fully saturated rings. The molecule has 0 spiro atoms. The van der Waals surface area contributed by atoms with Crippen LogP contribution in [0.5, 0.6) is 0 Å². The molecular weight excluding hydrogens is 274 g/mol. The Morgan fingerprint density at radius 3 is 2.81 bits per heavy atom. The van der Waals surface area contributed by atoms with E-state index < -0.39 is 5.97 Å². The average Bonchev–Trinajstić information content (AvgIpc) is 2.65. The zero-order valence-corrected chi connectivity index (χ0v) is 12.6. The summed E-state index contributed by atoms with van der Waals surface area (Å²) < 4.78 is 0. The molecule has 0 bridgehead atoms. The van der Waals surface area contributed by atoms with Gasteiger partial charge < -0.3 is 20.2 Å². The third-order valence-electron chi connectivity index (χ3n) is 3.56. The lowest BCUT2D eigenvalue weighted by Crippen LogP contribution is -2.40. The zero-order valence-electron chi connectivity index (χ0n) is 12.6. The number of likely N-dealkylation sites (tertiary alicyclic amines) is 1. The van der Waals surface area contributed by atoms with E-state index in [4.69, 9.17) is 5.11 Å². The molecule has 0 aromatic rings. The third kappa shape index (κ3) is 6.97. The van der Waals surface area contributed by atoms with Crippen molar-refractivity contribution >= 4 is 17.9 Å². The number of nitrogens with one attached hydrogen (secondary N) is 1. The van der Waals surface area contributed by atoms with Crippen molar-refractivity contribution in [1.29, 1.82) is 0 Å². The summed E-state index contributed by atoms with van der Waals surface area (Å²) in [6.45, 7) is 2.15. The molecule has 0 aromatic carbocycles. The zero-order chi connectivity index (χ0) is 15.7. The fourth-order valence-electron chi connectivity index (χ4n) is 2.24. The molecule has 0 saturated carbocycles. The molecule has 1 saturated heterocycles. The van der Waals surface area contributed by atoms with Gasteiger partial charge in [-0.3, -0.25) is 9.59 Å². The molecule has 7 heteroatoms. The van der Waals surface area contributed by atoms with Crippen LogP contribution >= 0.6 is 0 Å². The highest BCUT2D eigenvalue weighted by molar-refractivity contribution is 5.76. The Hall–Kier alpha value is -1.79. The molecule has 0 atom stereocenters. The first-order chi connectivity index (χ1) is 10.0. The molecule has 0 unspecified atom stereocenters. The Balaban J connectivity index is 2.16. The highest BCUT2D eigenvalue weighted by atomic mass is 16.4. The molecule has 120 valence electrons. The number of carboxylic acid groups (broad SMARTS) is 1. The molecule has 0 radical (unpaired) electrons. The maximum absolute atomic E-state index is 11.8. The number of hydrogen-bond acceptors (Lipinski definition) is 3. The van der Waals surface area contributed by atoms with Crippen LogP contribution in [-0.4, -0.2) is 66.0 Å². The Labute approximate surface area is 125 Å². The minimum Gasteiger partial charge on any atom is -0.481 e. The molecule has 0 aliphatic carbocycles. The van der Waals surface area contributed by atoms with E-state index >= 15 is 0 Å². The van der Waals surface area contributed by atoms with Crippen molar-refractivity contribution in [2.45, 2.75) is 38.5 Å². The summed E-state index contributed by atoms with van der Waals surface area (Å²) in [6, 6.07) is -0.279. The average molecular weight is 299 g/mol. The van der Waals surface area contributed by atoms with E-state index in [1.165, 1.54) is 4.90 Å². The lowest BCUT2D eigenvalue weighted by molar-refractivity contribution is -0.137. The number of carbonyl (C=O) groups excluding carboxylic acids is 2. The van der Waals surface area contributed by atoms with Crippen LogP contribution in [0.3, 0.4) is 0 Å². The second kappa shape index (κ2) is 9.20. The highest BCUT2D eigenvalue weighted by Gasteiger charge is 2.16. The summed E-state index contributed by atoms with van der Waals surface area (Å²) in [5.74, 6) is -0.716. The molecule has 21 heavy (non-hydrogen) atoms. The van der Waals surface area contributed by atoms with Gasteiger partial charge in [0, 0.05) is 39.6 Å². The van der Waals surface area contributed by atoms with Gasteiger partial charge in [-0.05, 0) is 19.3 Å². The van der Waals surface area contributed by atoms with E-state index in [1.54, 1.807) is 7.05 Å². The summed E-state index contributed by atoms with van der Waals surface area (Å²) in [4.78, 5) is 37.1. The van der Waals surface area contributed by atoms with Crippen molar-refractivity contribution in [2.75, 3.05) is 33.2 Å². The van der Waals surface area contributed by atoms with Gasteiger partial charge in [-0.2, -0.15) is 0 Å². The second-order valence-corrected chi connectivity index (χ2v) is 5.34. The summed E-state index contributed by atoms with van der Waals surface area (Å²) >= 11 is 0. The van der Waals surface area contributed by atoms with E-state index in [0.29, 0.717) is 25.9 Å². The normalized spacial score (nSPS) is 15.5. The maximum Gasteiger partial charge on any atom is 0.317 e. The number of rotatable bonds is 7. The number of carboxylic acids is 1. The van der Waals surface area contributed by atoms with Gasteiger partial charge in [0.05, 0.1) is 6.42 Å². The van der Waals surface area contributed by atoms with Gasteiger partial charge in [0.15, 0.2) is 0 Å². The predicted octanol–water partition coefficient (Wildman–Crippen LogP) is 0.895. The van der Waals surface area contributed by atoms with Crippen molar-refractivity contribution in [1.82, 2.24) is 15.1 Å². The minimum absolute atomic E-state index is 0.0633. The van der Waals surface area contributed by atoms with E-state index in [-0.39, 0.29) is 24.9 Å². The number of aliphatic carboxylic acids is 1. The number of urea groups is 1.